The monoisotopic (exact) mass is 287 g/mol. The maximum Gasteiger partial charge on any atom is 0.225 e. The number of rotatable bonds is 1. The SMILES string of the molecule is CC1CCSCCN1c1ncc(Br)cn1. The third-order valence-electron chi connectivity index (χ3n) is 2.55. The minimum atomic E-state index is 0.543. The van der Waals surface area contributed by atoms with Crippen LogP contribution < -0.4 is 4.90 Å². The Morgan fingerprint density at radius 3 is 2.87 bits per heavy atom. The van der Waals surface area contributed by atoms with Crippen molar-refractivity contribution in [2.45, 2.75) is 19.4 Å². The highest BCUT2D eigenvalue weighted by molar-refractivity contribution is 9.10. The van der Waals surface area contributed by atoms with E-state index < -0.39 is 0 Å². The van der Waals surface area contributed by atoms with Crippen molar-refractivity contribution in [2.24, 2.45) is 0 Å². The standard InChI is InChI=1S/C10H14BrN3S/c1-8-2-4-15-5-3-14(8)10-12-6-9(11)7-13-10/h6-8H,2-5H2,1H3. The topological polar surface area (TPSA) is 29.0 Å². The van der Waals surface area contributed by atoms with Crippen LogP contribution in [0.1, 0.15) is 13.3 Å². The first-order chi connectivity index (χ1) is 7.27. The first kappa shape index (κ1) is 11.2. The van der Waals surface area contributed by atoms with Crippen molar-refractivity contribution < 1.29 is 0 Å². The maximum absolute atomic E-state index is 4.35. The number of anilines is 1. The van der Waals surface area contributed by atoms with E-state index in [2.05, 4.69) is 37.7 Å². The number of aromatic nitrogens is 2. The molecule has 0 radical (unpaired) electrons. The maximum atomic E-state index is 4.35. The Bertz CT molecular complexity index is 317. The quantitative estimate of drug-likeness (QED) is 0.794. The van der Waals surface area contributed by atoms with Gasteiger partial charge in [-0.25, -0.2) is 9.97 Å². The van der Waals surface area contributed by atoms with Gasteiger partial charge in [0, 0.05) is 30.7 Å². The van der Waals surface area contributed by atoms with Crippen LogP contribution in [0.4, 0.5) is 5.95 Å². The molecule has 1 aromatic heterocycles. The van der Waals surface area contributed by atoms with Gasteiger partial charge in [0.1, 0.15) is 0 Å². The van der Waals surface area contributed by atoms with Gasteiger partial charge in [-0.1, -0.05) is 0 Å². The highest BCUT2D eigenvalue weighted by Crippen LogP contribution is 2.20. The summed E-state index contributed by atoms with van der Waals surface area (Å²) in [6, 6.07) is 0.543. The van der Waals surface area contributed by atoms with Crippen LogP contribution in [0.3, 0.4) is 0 Å². The Hall–Kier alpha value is -0.290. The van der Waals surface area contributed by atoms with Crippen molar-refractivity contribution in [2.75, 3.05) is 23.0 Å². The highest BCUT2D eigenvalue weighted by Gasteiger charge is 2.19. The molecule has 1 aliphatic rings. The van der Waals surface area contributed by atoms with E-state index in [-0.39, 0.29) is 0 Å². The molecule has 2 heterocycles. The van der Waals surface area contributed by atoms with Crippen molar-refractivity contribution in [3.63, 3.8) is 0 Å². The van der Waals surface area contributed by atoms with Gasteiger partial charge in [-0.2, -0.15) is 11.8 Å². The minimum Gasteiger partial charge on any atom is -0.337 e. The van der Waals surface area contributed by atoms with Gasteiger partial charge in [-0.3, -0.25) is 0 Å². The third-order valence-corrected chi connectivity index (χ3v) is 3.96. The Morgan fingerprint density at radius 2 is 2.13 bits per heavy atom. The number of hydrogen-bond acceptors (Lipinski definition) is 4. The lowest BCUT2D eigenvalue weighted by molar-refractivity contribution is 0.629. The molecule has 5 heteroatoms. The average Bonchev–Trinajstić information content (AvgIpc) is 2.44. The van der Waals surface area contributed by atoms with E-state index in [9.17, 15) is 0 Å². The summed E-state index contributed by atoms with van der Waals surface area (Å²) in [4.78, 5) is 11.0. The molecule has 1 fully saturated rings. The molecule has 0 aromatic carbocycles. The second-order valence-corrected chi connectivity index (χ2v) is 5.79. The van der Waals surface area contributed by atoms with E-state index in [0.717, 1.165) is 17.0 Å². The van der Waals surface area contributed by atoms with Crippen molar-refractivity contribution in [1.82, 2.24) is 9.97 Å². The van der Waals surface area contributed by atoms with Crippen LogP contribution >= 0.6 is 27.7 Å². The molecule has 82 valence electrons. The van der Waals surface area contributed by atoms with Crippen LogP contribution in [0, 0.1) is 0 Å². The van der Waals surface area contributed by atoms with Gasteiger partial charge >= 0.3 is 0 Å². The molecule has 0 aliphatic carbocycles. The number of thioether (sulfide) groups is 1. The fraction of sp³-hybridized carbons (Fsp3) is 0.600. The molecule has 0 saturated carbocycles. The first-order valence-electron chi connectivity index (χ1n) is 5.09. The van der Waals surface area contributed by atoms with Crippen LogP contribution in [-0.4, -0.2) is 34.1 Å². The highest BCUT2D eigenvalue weighted by atomic mass is 79.9. The number of hydrogen-bond donors (Lipinski definition) is 0. The lowest BCUT2D eigenvalue weighted by atomic mass is 10.2. The van der Waals surface area contributed by atoms with Crippen LogP contribution in [0.15, 0.2) is 16.9 Å². The van der Waals surface area contributed by atoms with Gasteiger partial charge in [0.25, 0.3) is 0 Å². The summed E-state index contributed by atoms with van der Waals surface area (Å²) < 4.78 is 0.933. The normalized spacial score (nSPS) is 22.5. The van der Waals surface area contributed by atoms with Gasteiger partial charge in [-0.05, 0) is 35.0 Å². The molecule has 0 N–H and O–H groups in total. The van der Waals surface area contributed by atoms with Crippen molar-refractivity contribution in [1.29, 1.82) is 0 Å². The van der Waals surface area contributed by atoms with E-state index in [1.165, 1.54) is 17.9 Å². The van der Waals surface area contributed by atoms with E-state index in [1.54, 1.807) is 0 Å². The summed E-state index contributed by atoms with van der Waals surface area (Å²) in [6.45, 7) is 3.30. The second-order valence-electron chi connectivity index (χ2n) is 3.64. The first-order valence-corrected chi connectivity index (χ1v) is 7.04. The lowest BCUT2D eigenvalue weighted by Crippen LogP contribution is -2.35. The zero-order valence-electron chi connectivity index (χ0n) is 8.69. The van der Waals surface area contributed by atoms with E-state index in [0.29, 0.717) is 6.04 Å². The molecule has 3 nitrogen and oxygen atoms in total. The predicted molar refractivity (Wildman–Crippen MR) is 68.5 cm³/mol. The molecule has 0 bridgehead atoms. The van der Waals surface area contributed by atoms with Crippen LogP contribution in [0.2, 0.25) is 0 Å². The smallest absolute Gasteiger partial charge is 0.225 e. The molecule has 2 rings (SSSR count). The summed E-state index contributed by atoms with van der Waals surface area (Å²) in [5, 5.41) is 0. The molecule has 0 amide bonds. The molecule has 0 spiro atoms. The fourth-order valence-corrected chi connectivity index (χ4v) is 2.89. The Labute approximate surface area is 103 Å². The minimum absolute atomic E-state index is 0.543. The number of halogens is 1. The second kappa shape index (κ2) is 5.16. The molecule has 1 unspecified atom stereocenters. The molecule has 1 saturated heterocycles. The van der Waals surface area contributed by atoms with Crippen LogP contribution in [0.5, 0.6) is 0 Å². The van der Waals surface area contributed by atoms with Gasteiger partial charge in [-0.15, -0.1) is 0 Å². The summed E-state index contributed by atoms with van der Waals surface area (Å²) in [5.74, 6) is 3.27. The van der Waals surface area contributed by atoms with Gasteiger partial charge in [0.05, 0.1) is 4.47 Å². The predicted octanol–water partition coefficient (Wildman–Crippen LogP) is 2.57. The van der Waals surface area contributed by atoms with Crippen LogP contribution in [-0.2, 0) is 0 Å². The summed E-state index contributed by atoms with van der Waals surface area (Å²) >= 11 is 5.37. The van der Waals surface area contributed by atoms with Crippen molar-refractivity contribution in [3.05, 3.63) is 16.9 Å². The molecule has 1 atom stereocenters. The zero-order chi connectivity index (χ0) is 10.7. The zero-order valence-corrected chi connectivity index (χ0v) is 11.1. The Morgan fingerprint density at radius 1 is 1.40 bits per heavy atom. The molecular weight excluding hydrogens is 274 g/mol. The summed E-state index contributed by atoms with van der Waals surface area (Å²) in [6.07, 6.45) is 4.84. The Kier molecular flexibility index (Phi) is 3.86. The van der Waals surface area contributed by atoms with Crippen molar-refractivity contribution in [3.8, 4) is 0 Å². The molecule has 1 aliphatic heterocycles. The van der Waals surface area contributed by atoms with E-state index in [4.69, 9.17) is 0 Å². The molecular formula is C10H14BrN3S. The Balaban J connectivity index is 2.16. The van der Waals surface area contributed by atoms with Crippen molar-refractivity contribution >= 4 is 33.6 Å². The largest absolute Gasteiger partial charge is 0.337 e. The molecule has 1 aromatic rings. The van der Waals surface area contributed by atoms with Gasteiger partial charge < -0.3 is 4.90 Å². The van der Waals surface area contributed by atoms with E-state index >= 15 is 0 Å². The van der Waals surface area contributed by atoms with Gasteiger partial charge in [0.2, 0.25) is 5.95 Å². The average molecular weight is 288 g/mol. The summed E-state index contributed by atoms with van der Waals surface area (Å²) in [7, 11) is 0. The van der Waals surface area contributed by atoms with Gasteiger partial charge in [0.15, 0.2) is 0 Å². The van der Waals surface area contributed by atoms with E-state index in [1.807, 2.05) is 24.2 Å². The third kappa shape index (κ3) is 2.84. The number of nitrogens with zero attached hydrogens (tertiary/aromatic N) is 3. The fourth-order valence-electron chi connectivity index (χ4n) is 1.65. The van der Waals surface area contributed by atoms with Crippen LogP contribution in [0.25, 0.3) is 0 Å². The summed E-state index contributed by atoms with van der Waals surface area (Å²) in [5.41, 5.74) is 0. The lowest BCUT2D eigenvalue weighted by Gasteiger charge is -2.26. The molecule has 15 heavy (non-hydrogen) atoms.